The lowest BCUT2D eigenvalue weighted by Gasteiger charge is -2.70. The number of hydrogen-bond acceptors (Lipinski definition) is 4. The van der Waals surface area contributed by atoms with Gasteiger partial charge in [0.1, 0.15) is 0 Å². The van der Waals surface area contributed by atoms with Crippen LogP contribution in [0.15, 0.2) is 0 Å². The van der Waals surface area contributed by atoms with E-state index in [4.69, 9.17) is 0 Å². The smallest absolute Gasteiger partial charge is 0.0231 e. The topological polar surface area (TPSA) is 48.1 Å². The van der Waals surface area contributed by atoms with Gasteiger partial charge in [-0.15, -0.1) is 0 Å². The fraction of sp³-hybridized carbons (Fsp3) is 1.00. The minimum atomic E-state index is 0.295. The molecule has 0 saturated heterocycles. The average molecular weight is 252 g/mol. The van der Waals surface area contributed by atoms with Crippen molar-refractivity contribution in [3.05, 3.63) is 0 Å². The Morgan fingerprint density at radius 1 is 0.444 bits per heavy atom. The summed E-state index contributed by atoms with van der Waals surface area (Å²) < 4.78 is 0. The van der Waals surface area contributed by atoms with Crippen molar-refractivity contribution in [2.75, 3.05) is 28.2 Å². The highest BCUT2D eigenvalue weighted by atomic mass is 15.2. The van der Waals surface area contributed by atoms with Crippen LogP contribution in [0.3, 0.4) is 0 Å². The Kier molecular flexibility index (Phi) is 2.63. The second-order valence-corrected chi connectivity index (χ2v) is 7.18. The van der Waals surface area contributed by atoms with E-state index in [-0.39, 0.29) is 0 Å². The highest BCUT2D eigenvalue weighted by molar-refractivity contribution is 5.28. The first kappa shape index (κ1) is 12.9. The van der Waals surface area contributed by atoms with Crippen LogP contribution < -0.4 is 21.3 Å². The second kappa shape index (κ2) is 3.69. The number of hydrogen-bond donors (Lipinski definition) is 4. The van der Waals surface area contributed by atoms with E-state index in [1.165, 1.54) is 38.5 Å². The fourth-order valence-electron chi connectivity index (χ4n) is 5.70. The molecule has 4 saturated carbocycles. The van der Waals surface area contributed by atoms with Crippen LogP contribution in [-0.4, -0.2) is 50.3 Å². The first-order chi connectivity index (χ1) is 8.49. The normalized spacial score (nSPS) is 54.0. The predicted molar refractivity (Wildman–Crippen MR) is 74.9 cm³/mol. The predicted octanol–water partition coefficient (Wildman–Crippen LogP) is 0.201. The van der Waals surface area contributed by atoms with Crippen LogP contribution in [0.5, 0.6) is 0 Å². The van der Waals surface area contributed by atoms with E-state index in [0.29, 0.717) is 22.2 Å². The van der Waals surface area contributed by atoms with Gasteiger partial charge in [0.2, 0.25) is 0 Å². The molecule has 0 aromatic carbocycles. The Labute approximate surface area is 111 Å². The van der Waals surface area contributed by atoms with Crippen molar-refractivity contribution >= 4 is 0 Å². The molecule has 4 rings (SSSR count). The molecule has 4 bridgehead atoms. The quantitative estimate of drug-likeness (QED) is 0.577. The highest BCUT2D eigenvalue weighted by Gasteiger charge is 2.67. The molecule has 4 aliphatic carbocycles. The van der Waals surface area contributed by atoms with Gasteiger partial charge >= 0.3 is 0 Å². The zero-order valence-corrected chi connectivity index (χ0v) is 12.2. The Balaban J connectivity index is 2.06. The lowest BCUT2D eigenvalue weighted by Crippen LogP contribution is -2.81. The standard InChI is InChI=1S/C14H28N4/c1-15-11-5-12(16-2)8-13(6-11,17-3)10-14(7-11,9-12)18-4/h15-18H,5-10H2,1-4H3/t11-,12+,13?,14?. The van der Waals surface area contributed by atoms with Crippen LogP contribution in [0.25, 0.3) is 0 Å². The molecule has 4 heteroatoms. The van der Waals surface area contributed by atoms with E-state index < -0.39 is 0 Å². The van der Waals surface area contributed by atoms with Crippen molar-refractivity contribution < 1.29 is 0 Å². The van der Waals surface area contributed by atoms with Crippen LogP contribution in [0.4, 0.5) is 0 Å². The van der Waals surface area contributed by atoms with E-state index in [0.717, 1.165) is 0 Å². The monoisotopic (exact) mass is 252 g/mol. The summed E-state index contributed by atoms with van der Waals surface area (Å²) >= 11 is 0. The maximum Gasteiger partial charge on any atom is 0.0231 e. The van der Waals surface area contributed by atoms with Gasteiger partial charge in [-0.1, -0.05) is 0 Å². The molecule has 18 heavy (non-hydrogen) atoms. The van der Waals surface area contributed by atoms with Crippen molar-refractivity contribution in [1.29, 1.82) is 0 Å². The molecule has 0 radical (unpaired) electrons. The van der Waals surface area contributed by atoms with Gasteiger partial charge in [-0.2, -0.15) is 0 Å². The number of nitrogens with one attached hydrogen (secondary N) is 4. The molecule has 4 aliphatic rings. The summed E-state index contributed by atoms with van der Waals surface area (Å²) in [5.41, 5.74) is 1.18. The zero-order chi connectivity index (χ0) is 13.1. The summed E-state index contributed by atoms with van der Waals surface area (Å²) in [4.78, 5) is 0. The Morgan fingerprint density at radius 3 is 0.722 bits per heavy atom. The van der Waals surface area contributed by atoms with Crippen molar-refractivity contribution in [1.82, 2.24) is 21.3 Å². The molecule has 0 heterocycles. The third-order valence-electron chi connectivity index (χ3n) is 6.18. The van der Waals surface area contributed by atoms with Crippen molar-refractivity contribution in [3.8, 4) is 0 Å². The van der Waals surface area contributed by atoms with Crippen LogP contribution in [0.1, 0.15) is 38.5 Å². The van der Waals surface area contributed by atoms with E-state index >= 15 is 0 Å². The minimum absolute atomic E-state index is 0.295. The molecule has 4 N–H and O–H groups in total. The van der Waals surface area contributed by atoms with Gasteiger partial charge < -0.3 is 21.3 Å². The van der Waals surface area contributed by atoms with E-state index in [9.17, 15) is 0 Å². The van der Waals surface area contributed by atoms with E-state index in [1.807, 2.05) is 0 Å². The molecular weight excluding hydrogens is 224 g/mol. The molecule has 0 amide bonds. The molecule has 4 nitrogen and oxygen atoms in total. The number of rotatable bonds is 4. The van der Waals surface area contributed by atoms with Gasteiger partial charge in [-0.3, -0.25) is 0 Å². The van der Waals surface area contributed by atoms with Gasteiger partial charge in [0.15, 0.2) is 0 Å². The van der Waals surface area contributed by atoms with Crippen LogP contribution in [0.2, 0.25) is 0 Å². The first-order valence-electron chi connectivity index (χ1n) is 7.24. The molecule has 0 aliphatic heterocycles. The second-order valence-electron chi connectivity index (χ2n) is 7.18. The third-order valence-corrected chi connectivity index (χ3v) is 6.18. The summed E-state index contributed by atoms with van der Waals surface area (Å²) in [5.74, 6) is 0. The maximum absolute atomic E-state index is 3.67. The van der Waals surface area contributed by atoms with Crippen molar-refractivity contribution in [3.63, 3.8) is 0 Å². The fourth-order valence-corrected chi connectivity index (χ4v) is 5.70. The summed E-state index contributed by atoms with van der Waals surface area (Å²) in [7, 11) is 8.57. The van der Waals surface area contributed by atoms with E-state index in [1.54, 1.807) is 0 Å². The largest absolute Gasteiger partial charge is 0.314 e. The van der Waals surface area contributed by atoms with Crippen LogP contribution >= 0.6 is 0 Å². The molecule has 104 valence electrons. The molecule has 0 aromatic heterocycles. The Hall–Kier alpha value is -0.160. The van der Waals surface area contributed by atoms with Crippen molar-refractivity contribution in [2.45, 2.75) is 60.7 Å². The maximum atomic E-state index is 3.67. The van der Waals surface area contributed by atoms with Gasteiger partial charge in [0.25, 0.3) is 0 Å². The molecule has 0 unspecified atom stereocenters. The summed E-state index contributed by atoms with van der Waals surface area (Å²) in [5, 5.41) is 14.7. The molecule has 0 atom stereocenters. The van der Waals surface area contributed by atoms with Crippen LogP contribution in [0, 0.1) is 0 Å². The molecule has 4 fully saturated rings. The van der Waals surface area contributed by atoms with Gasteiger partial charge in [0, 0.05) is 22.2 Å². The molecule has 0 spiro atoms. The zero-order valence-electron chi connectivity index (χ0n) is 12.2. The van der Waals surface area contributed by atoms with Gasteiger partial charge in [-0.25, -0.2) is 0 Å². The highest BCUT2D eigenvalue weighted by Crippen LogP contribution is 2.60. The Bertz CT molecular complexity index is 250. The SMILES string of the molecule is CNC12CC3(NC)C[C@](NC)(C1)C[C@](NC)(C2)C3. The van der Waals surface area contributed by atoms with Gasteiger partial charge in [0.05, 0.1) is 0 Å². The molecular formula is C14H28N4. The third kappa shape index (κ3) is 1.52. The summed E-state index contributed by atoms with van der Waals surface area (Å²) in [6.45, 7) is 0. The minimum Gasteiger partial charge on any atom is -0.314 e. The summed E-state index contributed by atoms with van der Waals surface area (Å²) in [6.07, 6.45) is 7.58. The summed E-state index contributed by atoms with van der Waals surface area (Å²) in [6, 6.07) is 0. The molecule has 0 aromatic rings. The lowest BCUT2D eigenvalue weighted by molar-refractivity contribution is -0.0952. The van der Waals surface area contributed by atoms with Crippen LogP contribution in [-0.2, 0) is 0 Å². The average Bonchev–Trinajstić information content (AvgIpc) is 2.37. The lowest BCUT2D eigenvalue weighted by atomic mass is 9.44. The van der Waals surface area contributed by atoms with E-state index in [2.05, 4.69) is 49.5 Å². The Morgan fingerprint density at radius 2 is 0.611 bits per heavy atom. The van der Waals surface area contributed by atoms with Gasteiger partial charge in [-0.05, 0) is 66.7 Å². The first-order valence-corrected chi connectivity index (χ1v) is 7.24. The van der Waals surface area contributed by atoms with Crippen molar-refractivity contribution in [2.24, 2.45) is 0 Å².